The lowest BCUT2D eigenvalue weighted by molar-refractivity contribution is 0.181. The monoisotopic (exact) mass is 323 g/mol. The van der Waals surface area contributed by atoms with Crippen LogP contribution in [-0.4, -0.2) is 12.3 Å². The molecule has 0 spiro atoms. The van der Waals surface area contributed by atoms with Gasteiger partial charge in [0.05, 0.1) is 11.6 Å². The smallest absolute Gasteiger partial charge is 0.322 e. The summed E-state index contributed by atoms with van der Waals surface area (Å²) in [7, 11) is 0. The molecular weight excluding hydrogens is 302 g/mol. The van der Waals surface area contributed by atoms with Crippen molar-refractivity contribution in [3.05, 3.63) is 59.7 Å². The number of urea groups is 1. The summed E-state index contributed by atoms with van der Waals surface area (Å²) in [6.45, 7) is 5.96. The molecule has 0 aliphatic rings. The van der Waals surface area contributed by atoms with E-state index in [4.69, 9.17) is 10.00 Å². The van der Waals surface area contributed by atoms with Gasteiger partial charge in [-0.25, -0.2) is 4.79 Å². The van der Waals surface area contributed by atoms with Gasteiger partial charge in [0.1, 0.15) is 5.75 Å². The molecule has 5 nitrogen and oxygen atoms in total. The van der Waals surface area contributed by atoms with Crippen molar-refractivity contribution < 1.29 is 9.53 Å². The minimum atomic E-state index is -0.483. The summed E-state index contributed by atoms with van der Waals surface area (Å²) in [5.74, 6) is 1.10. The lowest BCUT2D eigenvalue weighted by Gasteiger charge is -2.20. The zero-order valence-corrected chi connectivity index (χ0v) is 14.0. The molecule has 5 heteroatoms. The van der Waals surface area contributed by atoms with Gasteiger partial charge in [0, 0.05) is 5.69 Å². The molecule has 0 saturated heterocycles. The van der Waals surface area contributed by atoms with E-state index >= 15 is 0 Å². The van der Waals surface area contributed by atoms with Crippen molar-refractivity contribution in [3.63, 3.8) is 0 Å². The van der Waals surface area contributed by atoms with Crippen LogP contribution in [0.2, 0.25) is 0 Å². The van der Waals surface area contributed by atoms with Gasteiger partial charge in [-0.15, -0.1) is 0 Å². The highest BCUT2D eigenvalue weighted by molar-refractivity contribution is 5.89. The first-order valence-corrected chi connectivity index (χ1v) is 7.83. The third kappa shape index (κ3) is 4.75. The molecular formula is C19H21N3O2. The molecule has 2 aromatic carbocycles. The number of rotatable bonds is 5. The number of ether oxygens (including phenoxy) is 1. The van der Waals surface area contributed by atoms with E-state index in [1.807, 2.05) is 30.3 Å². The minimum Gasteiger partial charge on any atom is -0.471 e. The van der Waals surface area contributed by atoms with Crippen molar-refractivity contribution in [1.82, 2.24) is 5.32 Å². The first-order valence-electron chi connectivity index (χ1n) is 7.83. The average Bonchev–Trinajstić information content (AvgIpc) is 2.55. The fourth-order valence-electron chi connectivity index (χ4n) is 2.26. The van der Waals surface area contributed by atoms with E-state index in [0.29, 0.717) is 17.2 Å². The van der Waals surface area contributed by atoms with Gasteiger partial charge in [-0.3, -0.25) is 0 Å². The van der Waals surface area contributed by atoms with E-state index in [2.05, 4.69) is 24.5 Å². The maximum absolute atomic E-state index is 12.0. The number of anilines is 1. The summed E-state index contributed by atoms with van der Waals surface area (Å²) in [6.07, 6.45) is -0.483. The highest BCUT2D eigenvalue weighted by Crippen LogP contribution is 2.26. The van der Waals surface area contributed by atoms with Crippen molar-refractivity contribution in [1.29, 1.82) is 5.26 Å². The van der Waals surface area contributed by atoms with Crippen molar-refractivity contribution in [2.75, 3.05) is 5.32 Å². The number of benzene rings is 2. The van der Waals surface area contributed by atoms with E-state index in [1.165, 1.54) is 0 Å². The summed E-state index contributed by atoms with van der Waals surface area (Å²) < 4.78 is 5.84. The van der Waals surface area contributed by atoms with E-state index in [9.17, 15) is 4.79 Å². The zero-order chi connectivity index (χ0) is 17.5. The number of hydrogen-bond acceptors (Lipinski definition) is 3. The van der Waals surface area contributed by atoms with Gasteiger partial charge in [-0.05, 0) is 48.7 Å². The Morgan fingerprint density at radius 2 is 1.75 bits per heavy atom. The van der Waals surface area contributed by atoms with Crippen molar-refractivity contribution in [3.8, 4) is 11.8 Å². The second-order valence-corrected chi connectivity index (χ2v) is 5.74. The topological polar surface area (TPSA) is 74.2 Å². The van der Waals surface area contributed by atoms with Crippen LogP contribution in [0.5, 0.6) is 5.75 Å². The van der Waals surface area contributed by atoms with Crippen LogP contribution < -0.4 is 15.4 Å². The SMILES string of the molecule is CC(NC(=O)Nc1ccc(C#N)cc1)Oc1ccccc1C(C)C. The molecule has 2 rings (SSSR count). The van der Waals surface area contributed by atoms with Gasteiger partial charge >= 0.3 is 6.03 Å². The molecule has 2 amide bonds. The summed E-state index contributed by atoms with van der Waals surface area (Å²) in [5.41, 5.74) is 2.25. The molecule has 0 aliphatic carbocycles. The predicted octanol–water partition coefficient (Wildman–Crippen LogP) is 4.23. The Balaban J connectivity index is 1.93. The molecule has 0 aliphatic heterocycles. The second kappa shape index (κ2) is 8.02. The van der Waals surface area contributed by atoms with Gasteiger partial charge in [0.25, 0.3) is 0 Å². The molecule has 0 fully saturated rings. The molecule has 24 heavy (non-hydrogen) atoms. The van der Waals surface area contributed by atoms with E-state index in [1.54, 1.807) is 31.2 Å². The molecule has 0 aromatic heterocycles. The standard InChI is InChI=1S/C19H21N3O2/c1-13(2)17-6-4-5-7-18(17)24-14(3)21-19(23)22-16-10-8-15(12-20)9-11-16/h4-11,13-14H,1-3H3,(H2,21,22,23). The lowest BCUT2D eigenvalue weighted by Crippen LogP contribution is -2.39. The van der Waals surface area contributed by atoms with Gasteiger partial charge < -0.3 is 15.4 Å². The third-order valence-corrected chi connectivity index (χ3v) is 3.45. The van der Waals surface area contributed by atoms with Crippen molar-refractivity contribution in [2.24, 2.45) is 0 Å². The summed E-state index contributed by atoms with van der Waals surface area (Å²) in [4.78, 5) is 12.0. The maximum atomic E-state index is 12.0. The van der Waals surface area contributed by atoms with Crippen LogP contribution in [0.15, 0.2) is 48.5 Å². The van der Waals surface area contributed by atoms with Crippen LogP contribution in [0, 0.1) is 11.3 Å². The van der Waals surface area contributed by atoms with Gasteiger partial charge in [-0.2, -0.15) is 5.26 Å². The van der Waals surface area contributed by atoms with Crippen LogP contribution >= 0.6 is 0 Å². The van der Waals surface area contributed by atoms with Crippen molar-refractivity contribution >= 4 is 11.7 Å². The Bertz CT molecular complexity index is 733. The predicted molar refractivity (Wildman–Crippen MR) is 93.9 cm³/mol. The molecule has 0 saturated carbocycles. The van der Waals surface area contributed by atoms with Crippen LogP contribution in [0.4, 0.5) is 10.5 Å². The molecule has 1 atom stereocenters. The Hall–Kier alpha value is -3.00. The summed E-state index contributed by atoms with van der Waals surface area (Å²) >= 11 is 0. The molecule has 1 unspecified atom stereocenters. The molecule has 124 valence electrons. The molecule has 0 radical (unpaired) electrons. The maximum Gasteiger partial charge on any atom is 0.322 e. The number of hydrogen-bond donors (Lipinski definition) is 2. The van der Waals surface area contributed by atoms with E-state index in [0.717, 1.165) is 11.3 Å². The first-order chi connectivity index (χ1) is 11.5. The quantitative estimate of drug-likeness (QED) is 0.809. The normalized spacial score (nSPS) is 11.5. The van der Waals surface area contributed by atoms with Crippen LogP contribution in [0.1, 0.15) is 37.8 Å². The lowest BCUT2D eigenvalue weighted by atomic mass is 10.0. The fourth-order valence-corrected chi connectivity index (χ4v) is 2.26. The van der Waals surface area contributed by atoms with E-state index in [-0.39, 0.29) is 6.03 Å². The van der Waals surface area contributed by atoms with E-state index < -0.39 is 6.23 Å². The number of nitrogens with zero attached hydrogens (tertiary/aromatic N) is 1. The van der Waals surface area contributed by atoms with Crippen LogP contribution in [0.25, 0.3) is 0 Å². The Morgan fingerprint density at radius 1 is 1.08 bits per heavy atom. The molecule has 0 heterocycles. The molecule has 2 N–H and O–H groups in total. The zero-order valence-electron chi connectivity index (χ0n) is 14.0. The van der Waals surface area contributed by atoms with Crippen LogP contribution in [0.3, 0.4) is 0 Å². The first kappa shape index (κ1) is 17.4. The third-order valence-electron chi connectivity index (χ3n) is 3.45. The van der Waals surface area contributed by atoms with Gasteiger partial charge in [-0.1, -0.05) is 32.0 Å². The Morgan fingerprint density at radius 3 is 2.38 bits per heavy atom. The van der Waals surface area contributed by atoms with Gasteiger partial charge in [0.2, 0.25) is 0 Å². The summed E-state index contributed by atoms with van der Waals surface area (Å²) in [6, 6.07) is 16.1. The Labute approximate surface area is 142 Å². The molecule has 2 aromatic rings. The van der Waals surface area contributed by atoms with Crippen molar-refractivity contribution in [2.45, 2.75) is 32.9 Å². The molecule has 0 bridgehead atoms. The second-order valence-electron chi connectivity index (χ2n) is 5.74. The number of amides is 2. The van der Waals surface area contributed by atoms with Crippen LogP contribution in [-0.2, 0) is 0 Å². The highest BCUT2D eigenvalue weighted by Gasteiger charge is 2.12. The number of carbonyl (C=O) groups excluding carboxylic acids is 1. The summed E-state index contributed by atoms with van der Waals surface area (Å²) in [5, 5.41) is 14.2. The minimum absolute atomic E-state index is 0.334. The highest BCUT2D eigenvalue weighted by atomic mass is 16.5. The Kier molecular flexibility index (Phi) is 5.80. The largest absolute Gasteiger partial charge is 0.471 e. The average molecular weight is 323 g/mol. The number of nitriles is 1. The number of nitrogens with one attached hydrogen (secondary N) is 2. The number of para-hydroxylation sites is 1. The van der Waals surface area contributed by atoms with Gasteiger partial charge in [0.15, 0.2) is 6.23 Å². The fraction of sp³-hybridized carbons (Fsp3) is 0.263. The number of carbonyl (C=O) groups is 1.